The summed E-state index contributed by atoms with van der Waals surface area (Å²) >= 11 is 0. The molecule has 3 nitrogen and oxygen atoms in total. The van der Waals surface area contributed by atoms with Crippen LogP contribution in [0.4, 0.5) is 0 Å². The van der Waals surface area contributed by atoms with Crippen LogP contribution < -0.4 is 10.1 Å². The summed E-state index contributed by atoms with van der Waals surface area (Å²) in [6.45, 7) is 3.08. The Hall–Kier alpha value is -1.06. The van der Waals surface area contributed by atoms with Crippen molar-refractivity contribution < 1.29 is 9.47 Å². The fourth-order valence-corrected chi connectivity index (χ4v) is 3.52. The molecule has 1 aromatic rings. The van der Waals surface area contributed by atoms with E-state index in [0.29, 0.717) is 18.2 Å². The molecule has 0 aromatic heterocycles. The Balaban J connectivity index is 1.62. The third-order valence-corrected chi connectivity index (χ3v) is 4.72. The Bertz CT molecular complexity index is 468. The molecule has 0 amide bonds. The normalized spacial score (nSPS) is 26.2. The van der Waals surface area contributed by atoms with Crippen LogP contribution in [-0.4, -0.2) is 25.9 Å². The third kappa shape index (κ3) is 3.58. The first kappa shape index (κ1) is 14.9. The van der Waals surface area contributed by atoms with Gasteiger partial charge in [0.05, 0.1) is 6.10 Å². The summed E-state index contributed by atoms with van der Waals surface area (Å²) in [5.41, 5.74) is 2.74. The molecule has 0 radical (unpaired) electrons. The zero-order valence-electron chi connectivity index (χ0n) is 13.2. The fraction of sp³-hybridized carbons (Fsp3) is 0.667. The van der Waals surface area contributed by atoms with Gasteiger partial charge in [-0.2, -0.15) is 0 Å². The highest BCUT2D eigenvalue weighted by atomic mass is 16.5. The van der Waals surface area contributed by atoms with Gasteiger partial charge in [-0.1, -0.05) is 12.1 Å². The SMILES string of the molecule is CNC(CCC1CCCCO1)c1ccc2c(c1)CC(C)O2. The van der Waals surface area contributed by atoms with Crippen LogP contribution in [0.25, 0.3) is 0 Å². The van der Waals surface area contributed by atoms with Gasteiger partial charge in [0.1, 0.15) is 11.9 Å². The molecule has 21 heavy (non-hydrogen) atoms. The van der Waals surface area contributed by atoms with Gasteiger partial charge in [-0.25, -0.2) is 0 Å². The summed E-state index contributed by atoms with van der Waals surface area (Å²) in [4.78, 5) is 0. The average Bonchev–Trinajstić information content (AvgIpc) is 2.88. The van der Waals surface area contributed by atoms with E-state index >= 15 is 0 Å². The Morgan fingerprint density at radius 3 is 3.00 bits per heavy atom. The Morgan fingerprint density at radius 1 is 1.33 bits per heavy atom. The van der Waals surface area contributed by atoms with Crippen molar-refractivity contribution in [3.05, 3.63) is 29.3 Å². The maximum atomic E-state index is 5.85. The number of nitrogens with one attached hydrogen (secondary N) is 1. The number of benzene rings is 1. The summed E-state index contributed by atoms with van der Waals surface area (Å²) in [5, 5.41) is 3.46. The Labute approximate surface area is 128 Å². The van der Waals surface area contributed by atoms with Crippen LogP contribution >= 0.6 is 0 Å². The molecule has 2 aliphatic heterocycles. The maximum absolute atomic E-state index is 5.85. The van der Waals surface area contributed by atoms with Crippen molar-refractivity contribution in [3.8, 4) is 5.75 Å². The van der Waals surface area contributed by atoms with Gasteiger partial charge in [0.25, 0.3) is 0 Å². The molecule has 2 aliphatic rings. The number of fused-ring (bicyclic) bond motifs is 1. The van der Waals surface area contributed by atoms with Crippen LogP contribution in [0.3, 0.4) is 0 Å². The lowest BCUT2D eigenvalue weighted by molar-refractivity contribution is 0.00866. The van der Waals surface area contributed by atoms with E-state index < -0.39 is 0 Å². The van der Waals surface area contributed by atoms with Gasteiger partial charge in [0, 0.05) is 19.1 Å². The molecule has 2 heterocycles. The number of ether oxygens (including phenoxy) is 2. The molecule has 1 saturated heterocycles. The molecular formula is C18H27NO2. The first-order chi connectivity index (χ1) is 10.3. The topological polar surface area (TPSA) is 30.5 Å². The van der Waals surface area contributed by atoms with E-state index in [1.165, 1.54) is 30.4 Å². The van der Waals surface area contributed by atoms with Crippen LogP contribution in [0.15, 0.2) is 18.2 Å². The second-order valence-electron chi connectivity index (χ2n) is 6.41. The van der Waals surface area contributed by atoms with E-state index in [-0.39, 0.29) is 0 Å². The summed E-state index contributed by atoms with van der Waals surface area (Å²) in [5.74, 6) is 1.07. The van der Waals surface area contributed by atoms with Crippen LogP contribution in [-0.2, 0) is 11.2 Å². The molecule has 0 spiro atoms. The second-order valence-corrected chi connectivity index (χ2v) is 6.41. The molecule has 0 saturated carbocycles. The highest BCUT2D eigenvalue weighted by Gasteiger charge is 2.21. The maximum Gasteiger partial charge on any atom is 0.123 e. The van der Waals surface area contributed by atoms with E-state index in [9.17, 15) is 0 Å². The lowest BCUT2D eigenvalue weighted by atomic mass is 9.95. The highest BCUT2D eigenvalue weighted by Crippen LogP contribution is 2.32. The summed E-state index contributed by atoms with van der Waals surface area (Å²) in [7, 11) is 2.05. The van der Waals surface area contributed by atoms with Crippen molar-refractivity contribution in [2.45, 2.75) is 63.7 Å². The zero-order chi connectivity index (χ0) is 14.7. The van der Waals surface area contributed by atoms with Gasteiger partial charge < -0.3 is 14.8 Å². The Morgan fingerprint density at radius 2 is 2.24 bits per heavy atom. The van der Waals surface area contributed by atoms with Crippen LogP contribution in [0, 0.1) is 0 Å². The Kier molecular flexibility index (Phi) is 4.81. The first-order valence-electron chi connectivity index (χ1n) is 8.34. The average molecular weight is 289 g/mol. The van der Waals surface area contributed by atoms with Crippen molar-refractivity contribution in [1.29, 1.82) is 0 Å². The summed E-state index contributed by atoms with van der Waals surface area (Å²) < 4.78 is 11.6. The molecule has 3 atom stereocenters. The molecule has 116 valence electrons. The lowest BCUT2D eigenvalue weighted by Crippen LogP contribution is -2.23. The predicted molar refractivity (Wildman–Crippen MR) is 84.9 cm³/mol. The minimum absolute atomic E-state index is 0.318. The quantitative estimate of drug-likeness (QED) is 0.898. The summed E-state index contributed by atoms with van der Waals surface area (Å²) in [6.07, 6.45) is 7.88. The third-order valence-electron chi connectivity index (χ3n) is 4.72. The van der Waals surface area contributed by atoms with Crippen molar-refractivity contribution in [2.75, 3.05) is 13.7 Å². The standard InChI is InChI=1S/C18H27NO2/c1-13-11-15-12-14(6-9-18(15)21-13)17(19-2)8-7-16-5-3-4-10-20-16/h6,9,12-13,16-17,19H,3-5,7-8,10-11H2,1-2H3. The second kappa shape index (κ2) is 6.80. The van der Waals surface area contributed by atoms with Crippen molar-refractivity contribution in [3.63, 3.8) is 0 Å². The summed E-state index contributed by atoms with van der Waals surface area (Å²) in [6, 6.07) is 7.08. The number of hydrogen-bond acceptors (Lipinski definition) is 3. The predicted octanol–water partition coefficient (Wildman–Crippen LogP) is 3.62. The van der Waals surface area contributed by atoms with Crippen molar-refractivity contribution >= 4 is 0 Å². The molecule has 1 N–H and O–H groups in total. The minimum atomic E-state index is 0.318. The van der Waals surface area contributed by atoms with Gasteiger partial charge in [0.2, 0.25) is 0 Å². The lowest BCUT2D eigenvalue weighted by Gasteiger charge is -2.25. The first-order valence-corrected chi connectivity index (χ1v) is 8.34. The molecule has 3 rings (SSSR count). The van der Waals surface area contributed by atoms with Gasteiger partial charge in [-0.3, -0.25) is 0 Å². The van der Waals surface area contributed by atoms with E-state index in [4.69, 9.17) is 9.47 Å². The molecule has 0 aliphatic carbocycles. The van der Waals surface area contributed by atoms with Crippen molar-refractivity contribution in [1.82, 2.24) is 5.32 Å². The molecule has 3 heteroatoms. The minimum Gasteiger partial charge on any atom is -0.490 e. The smallest absolute Gasteiger partial charge is 0.123 e. The van der Waals surface area contributed by atoms with Crippen LogP contribution in [0.1, 0.15) is 56.2 Å². The van der Waals surface area contributed by atoms with Gasteiger partial charge in [0.15, 0.2) is 0 Å². The van der Waals surface area contributed by atoms with E-state index in [2.05, 4.69) is 37.5 Å². The van der Waals surface area contributed by atoms with Crippen LogP contribution in [0.2, 0.25) is 0 Å². The fourth-order valence-electron chi connectivity index (χ4n) is 3.52. The number of rotatable bonds is 5. The van der Waals surface area contributed by atoms with Gasteiger partial charge in [-0.15, -0.1) is 0 Å². The number of hydrogen-bond donors (Lipinski definition) is 1. The van der Waals surface area contributed by atoms with Crippen molar-refractivity contribution in [2.24, 2.45) is 0 Å². The highest BCUT2D eigenvalue weighted by molar-refractivity contribution is 5.41. The molecule has 0 bridgehead atoms. The largest absolute Gasteiger partial charge is 0.490 e. The zero-order valence-corrected chi connectivity index (χ0v) is 13.2. The van der Waals surface area contributed by atoms with E-state index in [0.717, 1.165) is 31.6 Å². The molecular weight excluding hydrogens is 262 g/mol. The monoisotopic (exact) mass is 289 g/mol. The van der Waals surface area contributed by atoms with Crippen LogP contribution in [0.5, 0.6) is 5.75 Å². The van der Waals surface area contributed by atoms with Gasteiger partial charge >= 0.3 is 0 Å². The molecule has 3 unspecified atom stereocenters. The van der Waals surface area contributed by atoms with E-state index in [1.807, 2.05) is 0 Å². The van der Waals surface area contributed by atoms with Gasteiger partial charge in [-0.05, 0) is 63.3 Å². The van der Waals surface area contributed by atoms with E-state index in [1.54, 1.807) is 0 Å². The molecule has 1 fully saturated rings. The molecule has 1 aromatic carbocycles.